The lowest BCUT2D eigenvalue weighted by Gasteiger charge is -2.40. The van der Waals surface area contributed by atoms with Crippen molar-refractivity contribution in [2.45, 2.75) is 30.5 Å². The highest BCUT2D eigenvalue weighted by Gasteiger charge is 2.43. The first-order valence-electron chi connectivity index (χ1n) is 6.67. The van der Waals surface area contributed by atoms with Crippen LogP contribution in [0.5, 0.6) is 5.75 Å². The first-order chi connectivity index (χ1) is 10.1. The Morgan fingerprint density at radius 3 is 2.57 bits per heavy atom. The maximum Gasteiger partial charge on any atom is 0.123 e. The van der Waals surface area contributed by atoms with Crippen molar-refractivity contribution < 1.29 is 34.3 Å². The zero-order valence-corrected chi connectivity index (χ0v) is 11.3. The first kappa shape index (κ1) is 16.1. The van der Waals surface area contributed by atoms with Crippen molar-refractivity contribution in [1.82, 2.24) is 0 Å². The molecule has 21 heavy (non-hydrogen) atoms. The molecule has 1 aliphatic rings. The van der Waals surface area contributed by atoms with E-state index in [9.17, 15) is 19.7 Å². The van der Waals surface area contributed by atoms with Crippen LogP contribution in [0.2, 0.25) is 0 Å². The largest absolute Gasteiger partial charge is 0.491 e. The van der Waals surface area contributed by atoms with Gasteiger partial charge in [0.15, 0.2) is 0 Å². The molecule has 5 atom stereocenters. The lowest BCUT2D eigenvalue weighted by atomic mass is 9.91. The van der Waals surface area contributed by atoms with Crippen LogP contribution in [0.25, 0.3) is 0 Å². The quantitative estimate of drug-likeness (QED) is 0.588. The summed E-state index contributed by atoms with van der Waals surface area (Å²) in [7, 11) is 0. The van der Waals surface area contributed by atoms with Gasteiger partial charge >= 0.3 is 0 Å². The van der Waals surface area contributed by atoms with E-state index in [0.717, 1.165) is 0 Å². The summed E-state index contributed by atoms with van der Waals surface area (Å²) >= 11 is 0. The summed E-state index contributed by atoms with van der Waals surface area (Å²) in [5.74, 6) is 0.405. The molecule has 1 fully saturated rings. The Bertz CT molecular complexity index is 455. The smallest absolute Gasteiger partial charge is 0.123 e. The van der Waals surface area contributed by atoms with Gasteiger partial charge in [-0.25, -0.2) is 4.39 Å². The van der Waals surface area contributed by atoms with Crippen molar-refractivity contribution in [1.29, 1.82) is 0 Å². The molecule has 7 heteroatoms. The Hall–Kier alpha value is -1.25. The normalized spacial score (nSPS) is 32.9. The fraction of sp³-hybridized carbons (Fsp3) is 0.571. The summed E-state index contributed by atoms with van der Waals surface area (Å²) in [6.45, 7) is -1.19. The number of hydrogen-bond acceptors (Lipinski definition) is 6. The maximum absolute atomic E-state index is 12.1. The summed E-state index contributed by atoms with van der Waals surface area (Å²) in [6.07, 6.45) is -6.07. The van der Waals surface area contributed by atoms with E-state index in [4.69, 9.17) is 14.6 Å². The summed E-state index contributed by atoms with van der Waals surface area (Å²) < 4.78 is 22.7. The van der Waals surface area contributed by atoms with Gasteiger partial charge in [0.2, 0.25) is 0 Å². The average Bonchev–Trinajstić information content (AvgIpc) is 2.51. The lowest BCUT2D eigenvalue weighted by Crippen LogP contribution is -2.55. The maximum atomic E-state index is 12.1. The Balaban J connectivity index is 2.19. The molecule has 0 bridgehead atoms. The Morgan fingerprint density at radius 1 is 1.14 bits per heavy atom. The zero-order chi connectivity index (χ0) is 15.4. The van der Waals surface area contributed by atoms with Gasteiger partial charge in [-0.15, -0.1) is 0 Å². The fourth-order valence-electron chi connectivity index (χ4n) is 2.31. The second kappa shape index (κ2) is 7.15. The summed E-state index contributed by atoms with van der Waals surface area (Å²) in [6, 6.07) is 6.48. The summed E-state index contributed by atoms with van der Waals surface area (Å²) in [4.78, 5) is 0. The number of aliphatic hydroxyl groups is 4. The molecule has 0 radical (unpaired) electrons. The number of halogens is 1. The van der Waals surface area contributed by atoms with E-state index in [1.165, 1.54) is 0 Å². The molecule has 4 N–H and O–H groups in total. The molecule has 1 aromatic rings. The monoisotopic (exact) mass is 302 g/mol. The van der Waals surface area contributed by atoms with Crippen molar-refractivity contribution in [3.63, 3.8) is 0 Å². The molecule has 1 heterocycles. The third-order valence-corrected chi connectivity index (χ3v) is 3.42. The van der Waals surface area contributed by atoms with E-state index < -0.39 is 43.8 Å². The first-order valence-corrected chi connectivity index (χ1v) is 6.67. The van der Waals surface area contributed by atoms with E-state index in [1.807, 2.05) is 0 Å². The third kappa shape index (κ3) is 3.50. The average molecular weight is 302 g/mol. The van der Waals surface area contributed by atoms with Crippen molar-refractivity contribution in [3.8, 4) is 5.75 Å². The summed E-state index contributed by atoms with van der Waals surface area (Å²) in [5.41, 5.74) is 0.503. The minimum atomic E-state index is -1.43. The third-order valence-electron chi connectivity index (χ3n) is 3.42. The Labute approximate surface area is 121 Å². The van der Waals surface area contributed by atoms with E-state index in [1.54, 1.807) is 24.3 Å². The number of alkyl halides is 1. The van der Waals surface area contributed by atoms with Crippen LogP contribution in [0.15, 0.2) is 24.3 Å². The van der Waals surface area contributed by atoms with Crippen molar-refractivity contribution >= 4 is 0 Å². The Morgan fingerprint density at radius 2 is 1.90 bits per heavy atom. The van der Waals surface area contributed by atoms with Crippen LogP contribution in [0.1, 0.15) is 11.7 Å². The van der Waals surface area contributed by atoms with E-state index >= 15 is 0 Å². The van der Waals surface area contributed by atoms with E-state index in [-0.39, 0.29) is 6.61 Å². The highest BCUT2D eigenvalue weighted by molar-refractivity contribution is 5.31. The zero-order valence-electron chi connectivity index (χ0n) is 11.3. The number of rotatable bonds is 5. The lowest BCUT2D eigenvalue weighted by molar-refractivity contribution is -0.231. The fourth-order valence-corrected chi connectivity index (χ4v) is 2.31. The van der Waals surface area contributed by atoms with Gasteiger partial charge in [0, 0.05) is 0 Å². The van der Waals surface area contributed by atoms with Crippen LogP contribution in [0, 0.1) is 0 Å². The van der Waals surface area contributed by atoms with Gasteiger partial charge in [-0.3, -0.25) is 0 Å². The minimum Gasteiger partial charge on any atom is -0.491 e. The highest BCUT2D eigenvalue weighted by atomic mass is 19.1. The number of aliphatic hydroxyl groups excluding tert-OH is 4. The second-order valence-electron chi connectivity index (χ2n) is 4.86. The molecule has 118 valence electrons. The van der Waals surface area contributed by atoms with Crippen molar-refractivity contribution in [2.75, 3.05) is 19.9 Å². The SMILES string of the molecule is OC[C@H]1OC(c2cccc(OCCF)c2)[C@@H](O)[C@@H](O)[C@@H]1O. The van der Waals surface area contributed by atoms with E-state index in [0.29, 0.717) is 11.3 Å². The van der Waals surface area contributed by atoms with Gasteiger partial charge in [0.1, 0.15) is 49.6 Å². The second-order valence-corrected chi connectivity index (χ2v) is 4.86. The standard InChI is InChI=1S/C14H19FO6/c15-4-5-20-9-3-1-2-8(6-9)14-13(19)12(18)11(17)10(7-16)21-14/h1-3,6,10-14,16-19H,4-5,7H2/t10-,11-,12+,13+,14?/m1/s1. The van der Waals surface area contributed by atoms with Crippen LogP contribution in [-0.4, -0.2) is 64.7 Å². The van der Waals surface area contributed by atoms with Crippen LogP contribution in [-0.2, 0) is 4.74 Å². The number of benzene rings is 1. The molecular formula is C14H19FO6. The molecule has 1 aliphatic heterocycles. The number of hydrogen-bond donors (Lipinski definition) is 4. The molecule has 0 aromatic heterocycles. The minimum absolute atomic E-state index is 0.0852. The van der Waals surface area contributed by atoms with E-state index in [2.05, 4.69) is 0 Å². The van der Waals surface area contributed by atoms with Gasteiger partial charge in [-0.05, 0) is 17.7 Å². The molecule has 2 rings (SSSR count). The molecule has 1 unspecified atom stereocenters. The molecule has 6 nitrogen and oxygen atoms in total. The molecule has 0 amide bonds. The predicted octanol–water partition coefficient (Wildman–Crippen LogP) is -0.450. The molecule has 0 saturated carbocycles. The highest BCUT2D eigenvalue weighted by Crippen LogP contribution is 2.33. The van der Waals surface area contributed by atoms with Crippen LogP contribution >= 0.6 is 0 Å². The van der Waals surface area contributed by atoms with Gasteiger partial charge in [0.25, 0.3) is 0 Å². The Kier molecular flexibility index (Phi) is 5.49. The molecule has 0 aliphatic carbocycles. The molecule has 1 saturated heterocycles. The van der Waals surface area contributed by atoms with Gasteiger partial charge in [-0.1, -0.05) is 12.1 Å². The van der Waals surface area contributed by atoms with Crippen LogP contribution in [0.3, 0.4) is 0 Å². The summed E-state index contributed by atoms with van der Waals surface area (Å²) in [5, 5.41) is 38.7. The molecule has 1 aromatic carbocycles. The molecular weight excluding hydrogens is 283 g/mol. The van der Waals surface area contributed by atoms with Crippen molar-refractivity contribution in [3.05, 3.63) is 29.8 Å². The number of ether oxygens (including phenoxy) is 2. The van der Waals surface area contributed by atoms with Gasteiger partial charge in [-0.2, -0.15) is 0 Å². The topological polar surface area (TPSA) is 99.4 Å². The van der Waals surface area contributed by atoms with Gasteiger partial charge < -0.3 is 29.9 Å². The van der Waals surface area contributed by atoms with Crippen LogP contribution < -0.4 is 4.74 Å². The van der Waals surface area contributed by atoms with Crippen LogP contribution in [0.4, 0.5) is 4.39 Å². The van der Waals surface area contributed by atoms with Crippen molar-refractivity contribution in [2.24, 2.45) is 0 Å². The van der Waals surface area contributed by atoms with Gasteiger partial charge in [0.05, 0.1) is 6.61 Å². The molecule has 0 spiro atoms. The predicted molar refractivity (Wildman–Crippen MR) is 70.6 cm³/mol.